The highest BCUT2D eigenvalue weighted by molar-refractivity contribution is 5.82. The number of likely N-dealkylation sites (tertiary alicyclic amines) is 1. The minimum atomic E-state index is -0.512. The van der Waals surface area contributed by atoms with E-state index in [0.29, 0.717) is 29.5 Å². The molecule has 142 valence electrons. The van der Waals surface area contributed by atoms with Crippen LogP contribution in [0.4, 0.5) is 0 Å². The Kier molecular flexibility index (Phi) is 4.88. The molecule has 0 aromatic carbocycles. The molecule has 0 amide bonds. The highest BCUT2D eigenvalue weighted by atomic mass is 16.2. The SMILES string of the molecule is CC(=O)[C@@H](C)n1c(CN2CCC[C@H](C)C2)nc2c1c(=O)n(C)c(=O)n2C. The topological polar surface area (TPSA) is 82.1 Å². The van der Waals surface area contributed by atoms with Crippen LogP contribution in [0.2, 0.25) is 0 Å². The van der Waals surface area contributed by atoms with Gasteiger partial charge >= 0.3 is 5.69 Å². The van der Waals surface area contributed by atoms with Crippen LogP contribution in [0.15, 0.2) is 9.59 Å². The first-order valence-electron chi connectivity index (χ1n) is 9.12. The molecule has 0 N–H and O–H groups in total. The van der Waals surface area contributed by atoms with Crippen molar-refractivity contribution >= 4 is 16.9 Å². The molecule has 2 aromatic heterocycles. The van der Waals surface area contributed by atoms with Crippen molar-refractivity contribution in [2.45, 2.75) is 46.2 Å². The fourth-order valence-electron chi connectivity index (χ4n) is 3.80. The number of rotatable bonds is 4. The number of piperidine rings is 1. The predicted octanol–water partition coefficient (Wildman–Crippen LogP) is 0.816. The van der Waals surface area contributed by atoms with E-state index in [1.807, 2.05) is 0 Å². The molecule has 2 aromatic rings. The van der Waals surface area contributed by atoms with E-state index in [0.717, 1.165) is 24.1 Å². The maximum atomic E-state index is 12.8. The molecule has 0 radical (unpaired) electrons. The maximum absolute atomic E-state index is 12.8. The quantitative estimate of drug-likeness (QED) is 0.805. The largest absolute Gasteiger partial charge is 0.332 e. The van der Waals surface area contributed by atoms with E-state index < -0.39 is 17.3 Å². The molecule has 26 heavy (non-hydrogen) atoms. The van der Waals surface area contributed by atoms with Crippen LogP contribution in [0, 0.1) is 5.92 Å². The molecular formula is C18H27N5O3. The van der Waals surface area contributed by atoms with Crippen LogP contribution in [0.1, 0.15) is 45.5 Å². The second kappa shape index (κ2) is 6.83. The number of fused-ring (bicyclic) bond motifs is 1. The first-order valence-corrected chi connectivity index (χ1v) is 9.12. The number of carbonyl (C=O) groups excluding carboxylic acids is 1. The van der Waals surface area contributed by atoms with Crippen molar-refractivity contribution in [3.63, 3.8) is 0 Å². The summed E-state index contributed by atoms with van der Waals surface area (Å²) in [5.74, 6) is 1.23. The zero-order valence-electron chi connectivity index (χ0n) is 16.2. The zero-order valence-corrected chi connectivity index (χ0v) is 16.2. The summed E-state index contributed by atoms with van der Waals surface area (Å²) in [6.07, 6.45) is 2.34. The Morgan fingerprint density at radius 1 is 1.27 bits per heavy atom. The van der Waals surface area contributed by atoms with E-state index in [1.54, 1.807) is 18.5 Å². The number of aryl methyl sites for hydroxylation is 1. The van der Waals surface area contributed by atoms with Crippen LogP contribution in [-0.2, 0) is 25.4 Å². The third-order valence-corrected chi connectivity index (χ3v) is 5.45. The number of aromatic nitrogens is 4. The molecule has 1 aliphatic rings. The van der Waals surface area contributed by atoms with Crippen LogP contribution < -0.4 is 11.2 Å². The zero-order chi connectivity index (χ0) is 19.2. The lowest BCUT2D eigenvalue weighted by Gasteiger charge is -2.30. The molecule has 3 rings (SSSR count). The van der Waals surface area contributed by atoms with Gasteiger partial charge in [-0.3, -0.25) is 23.6 Å². The lowest BCUT2D eigenvalue weighted by atomic mass is 10.0. The van der Waals surface area contributed by atoms with Gasteiger partial charge in [0.2, 0.25) is 0 Å². The lowest BCUT2D eigenvalue weighted by molar-refractivity contribution is -0.119. The standard InChI is InChI=1S/C18H27N5O3/c1-11-7-6-8-22(9-11)10-14-19-16-15(23(14)12(2)13(3)24)17(25)21(5)18(26)20(16)4/h11-12H,6-10H2,1-5H3/t11-,12+/m0/s1. The Morgan fingerprint density at radius 3 is 2.58 bits per heavy atom. The molecule has 8 heteroatoms. The summed E-state index contributed by atoms with van der Waals surface area (Å²) in [5.41, 5.74) is -0.175. The van der Waals surface area contributed by atoms with E-state index in [4.69, 9.17) is 0 Å². The van der Waals surface area contributed by atoms with Crippen molar-refractivity contribution in [2.75, 3.05) is 13.1 Å². The molecule has 8 nitrogen and oxygen atoms in total. The van der Waals surface area contributed by atoms with Crippen molar-refractivity contribution in [1.29, 1.82) is 0 Å². The van der Waals surface area contributed by atoms with Gasteiger partial charge in [-0.2, -0.15) is 0 Å². The molecule has 1 fully saturated rings. The number of ketones is 1. The average Bonchev–Trinajstić information content (AvgIpc) is 2.96. The summed E-state index contributed by atoms with van der Waals surface area (Å²) in [6.45, 7) is 8.01. The molecule has 0 aliphatic carbocycles. The Labute approximate surface area is 152 Å². The second-order valence-electron chi connectivity index (χ2n) is 7.55. The molecule has 0 bridgehead atoms. The highest BCUT2D eigenvalue weighted by Crippen LogP contribution is 2.22. The minimum absolute atomic E-state index is 0.0477. The Balaban J connectivity index is 2.21. The van der Waals surface area contributed by atoms with Gasteiger partial charge in [-0.05, 0) is 39.2 Å². The van der Waals surface area contributed by atoms with Gasteiger partial charge in [0.05, 0.1) is 12.6 Å². The van der Waals surface area contributed by atoms with Crippen molar-refractivity contribution < 1.29 is 4.79 Å². The van der Waals surface area contributed by atoms with Crippen molar-refractivity contribution in [2.24, 2.45) is 20.0 Å². The van der Waals surface area contributed by atoms with Gasteiger partial charge in [0.1, 0.15) is 5.82 Å². The van der Waals surface area contributed by atoms with Crippen molar-refractivity contribution in [3.05, 3.63) is 26.7 Å². The van der Waals surface area contributed by atoms with E-state index in [9.17, 15) is 14.4 Å². The fourth-order valence-corrected chi connectivity index (χ4v) is 3.80. The summed E-state index contributed by atoms with van der Waals surface area (Å²) in [5, 5.41) is 0. The molecule has 1 saturated heterocycles. The van der Waals surface area contributed by atoms with E-state index >= 15 is 0 Å². The van der Waals surface area contributed by atoms with E-state index in [-0.39, 0.29) is 5.78 Å². The molecular weight excluding hydrogens is 334 g/mol. The number of imidazole rings is 1. The van der Waals surface area contributed by atoms with Gasteiger partial charge in [-0.1, -0.05) is 6.92 Å². The number of nitrogens with zero attached hydrogens (tertiary/aromatic N) is 5. The predicted molar refractivity (Wildman–Crippen MR) is 99.3 cm³/mol. The van der Waals surface area contributed by atoms with Crippen LogP contribution >= 0.6 is 0 Å². The first-order chi connectivity index (χ1) is 12.2. The van der Waals surface area contributed by atoms with Gasteiger partial charge in [0.15, 0.2) is 16.9 Å². The fraction of sp³-hybridized carbons (Fsp3) is 0.667. The smallest absolute Gasteiger partial charge is 0.311 e. The molecule has 2 atom stereocenters. The average molecular weight is 361 g/mol. The van der Waals surface area contributed by atoms with Gasteiger partial charge < -0.3 is 4.57 Å². The van der Waals surface area contributed by atoms with Crippen LogP contribution in [0.3, 0.4) is 0 Å². The lowest BCUT2D eigenvalue weighted by Crippen LogP contribution is -2.38. The Morgan fingerprint density at radius 2 is 1.96 bits per heavy atom. The number of hydrogen-bond donors (Lipinski definition) is 0. The summed E-state index contributed by atoms with van der Waals surface area (Å²) in [6, 6.07) is -0.512. The van der Waals surface area contributed by atoms with Crippen molar-refractivity contribution in [3.8, 4) is 0 Å². The van der Waals surface area contributed by atoms with Gasteiger partial charge in [0, 0.05) is 20.6 Å². The number of hydrogen-bond acceptors (Lipinski definition) is 5. The van der Waals surface area contributed by atoms with E-state index in [2.05, 4.69) is 16.8 Å². The van der Waals surface area contributed by atoms with Crippen LogP contribution in [0.5, 0.6) is 0 Å². The normalized spacial score (nSPS) is 19.8. The monoisotopic (exact) mass is 361 g/mol. The summed E-state index contributed by atoms with van der Waals surface area (Å²) in [7, 11) is 3.05. The van der Waals surface area contributed by atoms with Gasteiger partial charge in [0.25, 0.3) is 5.56 Å². The molecule has 0 spiro atoms. The van der Waals surface area contributed by atoms with E-state index in [1.165, 1.54) is 25.0 Å². The summed E-state index contributed by atoms with van der Waals surface area (Å²) >= 11 is 0. The molecule has 1 aliphatic heterocycles. The third kappa shape index (κ3) is 3.02. The molecule has 3 heterocycles. The first kappa shape index (κ1) is 18.6. The summed E-state index contributed by atoms with van der Waals surface area (Å²) in [4.78, 5) is 44.0. The third-order valence-electron chi connectivity index (χ3n) is 5.45. The van der Waals surface area contributed by atoms with Crippen LogP contribution in [-0.4, -0.2) is 42.5 Å². The summed E-state index contributed by atoms with van der Waals surface area (Å²) < 4.78 is 4.17. The second-order valence-corrected chi connectivity index (χ2v) is 7.55. The number of Topliss-reactive ketones (excluding diaryl/α,β-unsaturated/α-hetero) is 1. The van der Waals surface area contributed by atoms with Crippen LogP contribution in [0.25, 0.3) is 11.2 Å². The molecule has 0 saturated carbocycles. The Bertz CT molecular complexity index is 968. The minimum Gasteiger partial charge on any atom is -0.311 e. The Hall–Kier alpha value is -2.22. The number of carbonyl (C=O) groups is 1. The molecule has 0 unspecified atom stereocenters. The highest BCUT2D eigenvalue weighted by Gasteiger charge is 2.26. The van der Waals surface area contributed by atoms with Crippen molar-refractivity contribution in [1.82, 2.24) is 23.6 Å². The van der Waals surface area contributed by atoms with Gasteiger partial charge in [-0.25, -0.2) is 9.78 Å². The maximum Gasteiger partial charge on any atom is 0.332 e. The van der Waals surface area contributed by atoms with Gasteiger partial charge in [-0.15, -0.1) is 0 Å².